The van der Waals surface area contributed by atoms with E-state index in [4.69, 9.17) is 16.2 Å². The highest BCUT2D eigenvalue weighted by Crippen LogP contribution is 2.32. The van der Waals surface area contributed by atoms with Crippen LogP contribution in [0.4, 0.5) is 8.78 Å². The number of hydrogen-bond acceptors (Lipinski definition) is 16. The number of carboxylic acids is 1. The SMILES string of the molecule is COc1ccc(C[C@@H]2NC(=O)[C@H](Cc3cnc[nH]3)NC(=O)[C@H](CC(=O)O)NC(=O)[C@H](Cc3c[nH]c4ccc(F)cc34)NC(=O)[C@H](Cc3c[nH]c4ccc(F)cc34)NC(=O)CNC(=O)[C@H](CCCCN)CC(=O)CCSCc3cccc(c3)CSC[C@@H](C(N)=O)NC(=O)[C@]3(C)CCCN3C2=O)cc1. The van der Waals surface area contributed by atoms with Crippen molar-refractivity contribution in [2.45, 2.75) is 137 Å². The Labute approximate surface area is 594 Å². The molecular formula is C71H84F2N14O13S2. The van der Waals surface area contributed by atoms with Crippen molar-refractivity contribution in [3.63, 3.8) is 0 Å². The van der Waals surface area contributed by atoms with E-state index in [-0.39, 0.29) is 79.7 Å². The zero-order valence-electron chi connectivity index (χ0n) is 56.3. The van der Waals surface area contributed by atoms with Crippen molar-refractivity contribution in [2.75, 3.05) is 38.2 Å². The van der Waals surface area contributed by atoms with Crippen molar-refractivity contribution in [3.8, 4) is 5.75 Å². The molecule has 4 aromatic carbocycles. The molecule has 2 bridgehead atoms. The molecule has 3 aromatic heterocycles. The molecule has 0 aliphatic carbocycles. The van der Waals surface area contributed by atoms with Gasteiger partial charge in [0, 0.05) is 120 Å². The van der Waals surface area contributed by atoms with Crippen LogP contribution in [0, 0.1) is 17.6 Å². The van der Waals surface area contributed by atoms with E-state index in [9.17, 15) is 47.4 Å². The van der Waals surface area contributed by atoms with Crippen LogP contribution in [0.5, 0.6) is 5.75 Å². The van der Waals surface area contributed by atoms with Crippen LogP contribution in [0.25, 0.3) is 21.8 Å². The van der Waals surface area contributed by atoms with Crippen LogP contribution in [0.1, 0.15) is 91.8 Å². The minimum absolute atomic E-state index is 0.0391. The number of primary amides is 1. The minimum Gasteiger partial charge on any atom is -0.497 e. The molecule has 2 aliphatic heterocycles. The highest BCUT2D eigenvalue weighted by molar-refractivity contribution is 7.98. The number of hydrogen-bond donors (Lipinski definition) is 13. The van der Waals surface area contributed by atoms with Crippen LogP contribution in [-0.4, -0.2) is 175 Å². The van der Waals surface area contributed by atoms with E-state index in [2.05, 4.69) is 57.2 Å². The lowest BCUT2D eigenvalue weighted by atomic mass is 9.94. The topological polar surface area (TPSA) is 417 Å². The number of nitrogens with zero attached hydrogens (tertiary/aromatic N) is 2. The van der Waals surface area contributed by atoms with E-state index in [0.29, 0.717) is 76.4 Å². The second-order valence-electron chi connectivity index (χ2n) is 25.6. The molecular weight excluding hydrogens is 1360 g/mol. The van der Waals surface area contributed by atoms with Gasteiger partial charge in [0.2, 0.25) is 53.2 Å². The molecule has 1 fully saturated rings. The van der Waals surface area contributed by atoms with Gasteiger partial charge in [-0.15, -0.1) is 0 Å². The fourth-order valence-electron chi connectivity index (χ4n) is 12.5. The summed E-state index contributed by atoms with van der Waals surface area (Å²) in [5.41, 5.74) is 14.2. The number of aliphatic carboxylic acids is 1. The van der Waals surface area contributed by atoms with E-state index in [1.165, 1.54) is 96.8 Å². The number of nitrogens with two attached hydrogens (primary N) is 2. The molecule has 9 amide bonds. The quantitative estimate of drug-likeness (QED) is 0.0615. The molecule has 0 saturated carbocycles. The number of carbonyl (C=O) groups excluding carboxylic acids is 10. The highest BCUT2D eigenvalue weighted by atomic mass is 32.2. The van der Waals surface area contributed by atoms with E-state index in [1.54, 1.807) is 31.2 Å². The molecule has 542 valence electrons. The first-order valence-electron chi connectivity index (χ1n) is 33.5. The van der Waals surface area contributed by atoms with Gasteiger partial charge in [-0.25, -0.2) is 13.8 Å². The fourth-order valence-corrected chi connectivity index (χ4v) is 14.5. The van der Waals surface area contributed by atoms with Gasteiger partial charge in [-0.3, -0.25) is 52.7 Å². The number of aromatic nitrogens is 4. The van der Waals surface area contributed by atoms with Crippen molar-refractivity contribution in [1.29, 1.82) is 0 Å². The number of methoxy groups -OCH3 is 1. The Kier molecular flexibility index (Phi) is 26.8. The molecule has 7 aromatic rings. The number of nitrogens with one attached hydrogen (secondary N) is 10. The van der Waals surface area contributed by atoms with Crippen LogP contribution < -0.4 is 53.4 Å². The molecule has 31 heteroatoms. The number of amides is 9. The van der Waals surface area contributed by atoms with Gasteiger partial charge in [0.25, 0.3) is 0 Å². The molecule has 0 spiro atoms. The molecule has 2 aliphatic rings. The number of benzene rings is 4. The lowest BCUT2D eigenvalue weighted by molar-refractivity contribution is -0.147. The fraction of sp³-hybridized carbons (Fsp3) is 0.408. The number of Topliss-reactive ketones (excluding diaryl/α,β-unsaturated/α-hetero) is 1. The molecule has 8 atom stereocenters. The number of H-pyrrole nitrogens is 3. The Bertz CT molecular complexity index is 4180. The van der Waals surface area contributed by atoms with Crippen LogP contribution in [0.15, 0.2) is 110 Å². The van der Waals surface area contributed by atoms with Crippen LogP contribution in [0.3, 0.4) is 0 Å². The molecule has 0 radical (unpaired) electrons. The first-order valence-corrected chi connectivity index (χ1v) is 35.8. The third kappa shape index (κ3) is 20.8. The smallest absolute Gasteiger partial charge is 0.305 e. The number of aromatic amines is 3. The Morgan fingerprint density at radius 2 is 1.29 bits per heavy atom. The number of halogens is 2. The summed E-state index contributed by atoms with van der Waals surface area (Å²) in [6.45, 7) is 1.21. The molecule has 9 rings (SSSR count). The number of fused-ring (bicyclic) bond motifs is 5. The van der Waals surface area contributed by atoms with Gasteiger partial charge in [-0.1, -0.05) is 42.8 Å². The lowest BCUT2D eigenvalue weighted by Gasteiger charge is -2.37. The van der Waals surface area contributed by atoms with E-state index in [0.717, 1.165) is 11.1 Å². The van der Waals surface area contributed by atoms with E-state index in [1.807, 2.05) is 24.3 Å². The van der Waals surface area contributed by atoms with Crippen molar-refractivity contribution in [3.05, 3.63) is 155 Å². The number of carbonyl (C=O) groups is 11. The summed E-state index contributed by atoms with van der Waals surface area (Å²) in [4.78, 5) is 172. The molecule has 0 unspecified atom stereocenters. The second-order valence-corrected chi connectivity index (χ2v) is 27.7. The first-order chi connectivity index (χ1) is 49.0. The average Bonchev–Trinajstić information content (AvgIpc) is 1.61. The summed E-state index contributed by atoms with van der Waals surface area (Å²) in [7, 11) is 1.47. The number of thioether (sulfide) groups is 2. The maximum Gasteiger partial charge on any atom is 0.305 e. The van der Waals surface area contributed by atoms with Gasteiger partial charge in [0.05, 0.1) is 26.4 Å². The summed E-state index contributed by atoms with van der Waals surface area (Å²) in [5, 5.41) is 29.4. The Morgan fingerprint density at radius 3 is 1.89 bits per heavy atom. The molecule has 102 heavy (non-hydrogen) atoms. The first kappa shape index (κ1) is 76.0. The number of rotatable bonds is 16. The van der Waals surface area contributed by atoms with Crippen molar-refractivity contribution in [1.82, 2.24) is 62.1 Å². The third-order valence-electron chi connectivity index (χ3n) is 18.1. The summed E-state index contributed by atoms with van der Waals surface area (Å²) < 4.78 is 35.2. The molecule has 27 nitrogen and oxygen atoms in total. The summed E-state index contributed by atoms with van der Waals surface area (Å²) >= 11 is 2.85. The summed E-state index contributed by atoms with van der Waals surface area (Å²) in [6, 6.07) is 12.2. The van der Waals surface area contributed by atoms with Crippen LogP contribution >= 0.6 is 23.5 Å². The molecule has 15 N–H and O–H groups in total. The van der Waals surface area contributed by atoms with E-state index >= 15 is 19.2 Å². The van der Waals surface area contributed by atoms with Crippen molar-refractivity contribution >= 4 is 110 Å². The average molecular weight is 1440 g/mol. The van der Waals surface area contributed by atoms with Gasteiger partial charge >= 0.3 is 5.97 Å². The minimum atomic E-state index is -2.03. The predicted molar refractivity (Wildman–Crippen MR) is 378 cm³/mol. The number of unbranched alkanes of at least 4 members (excludes halogenated alkanes) is 1. The van der Waals surface area contributed by atoms with Gasteiger partial charge < -0.3 is 78.4 Å². The number of ether oxygens (including phenoxy) is 1. The monoisotopic (exact) mass is 1440 g/mol. The Balaban J connectivity index is 1.06. The standard InChI is InChI=1S/C71H84F2N14O13S2/c1-71-19-6-21-87(71)69(98)59(24-40-10-14-50(100-2)15-11-40)85-67(96)57(30-48-34-76-39-80-48)83-68(97)58(31-62(90)91)84-66(95)56(27-45-33-78-54-17-13-47(73)29-52(45)54)82-65(94)55(26-44-32-77-53-16-12-46(72)28-51(44)53)81-61(89)35-79-64(93)43(9-3-4-20-74)25-49(88)18-22-101-36-41-7-5-8-42(23-41)37-102-38-60(63(75)92)86-70(71)99/h5,7-8,10-17,23,28-29,32-34,39,43,55-60,77-78H,3-4,6,9,18-22,24-27,30-31,35-38,74H2,1-2H3,(H2,75,92)(H,76,80)(H,79,93)(H,81,89)(H,82,94)(H,83,97)(H,84,95)(H,85,96)(H,86,99)(H,90,91)/t43-,55+,56+,57+,58+,59+,60+,71+/m1/s1. The maximum atomic E-state index is 15.3. The van der Waals surface area contributed by atoms with E-state index < -0.39 is 138 Å². The molecule has 5 heterocycles. The predicted octanol–water partition coefficient (Wildman–Crippen LogP) is 3.57. The normalized spacial score (nSPS) is 22.7. The largest absolute Gasteiger partial charge is 0.497 e. The third-order valence-corrected chi connectivity index (χ3v) is 20.2. The zero-order chi connectivity index (χ0) is 73.0. The van der Waals surface area contributed by atoms with Gasteiger partial charge in [-0.05, 0) is 115 Å². The highest BCUT2D eigenvalue weighted by Gasteiger charge is 2.49. The maximum absolute atomic E-state index is 15.3. The van der Waals surface area contributed by atoms with Crippen molar-refractivity contribution in [2.24, 2.45) is 17.4 Å². The van der Waals surface area contributed by atoms with Crippen LogP contribution in [-0.2, 0) is 89.9 Å². The Hall–Kier alpha value is -10.1. The summed E-state index contributed by atoms with van der Waals surface area (Å²) in [5.74, 6) is -10.2. The summed E-state index contributed by atoms with van der Waals surface area (Å²) in [6.07, 6.45) is 4.85. The van der Waals surface area contributed by atoms with Gasteiger partial charge in [-0.2, -0.15) is 23.5 Å². The lowest BCUT2D eigenvalue weighted by Crippen LogP contribution is -2.63. The Morgan fingerprint density at radius 1 is 0.696 bits per heavy atom. The molecule has 1 saturated heterocycles. The number of imidazole rings is 1. The van der Waals surface area contributed by atoms with Gasteiger partial charge in [0.15, 0.2) is 0 Å². The number of ketones is 1. The second kappa shape index (κ2) is 35.9. The van der Waals surface area contributed by atoms with Crippen molar-refractivity contribution < 1.29 is 71.4 Å². The van der Waals surface area contributed by atoms with Gasteiger partial charge in [0.1, 0.15) is 65.0 Å². The van der Waals surface area contributed by atoms with Crippen LogP contribution in [0.2, 0.25) is 0 Å². The zero-order valence-corrected chi connectivity index (χ0v) is 58.0. The number of carboxylic acid groups (broad SMARTS) is 1.